The summed E-state index contributed by atoms with van der Waals surface area (Å²) < 4.78 is 8.12. The average molecular weight is 377 g/mol. The van der Waals surface area contributed by atoms with E-state index in [-0.39, 0.29) is 11.9 Å². The number of aromatic nitrogens is 2. The number of imidazole rings is 1. The summed E-state index contributed by atoms with van der Waals surface area (Å²) in [5, 5.41) is 0. The van der Waals surface area contributed by atoms with Gasteiger partial charge in [0.1, 0.15) is 11.9 Å². The first-order chi connectivity index (χ1) is 13.7. The second-order valence-corrected chi connectivity index (χ2v) is 7.33. The highest BCUT2D eigenvalue weighted by Crippen LogP contribution is 2.34. The van der Waals surface area contributed by atoms with Gasteiger partial charge in [0.25, 0.3) is 5.91 Å². The fraction of sp³-hybridized carbons (Fsp3) is 0.391. The van der Waals surface area contributed by atoms with E-state index in [2.05, 4.69) is 17.6 Å². The number of aryl methyl sites for hydroxylation is 1. The normalized spacial score (nSPS) is 17.9. The standard InChI is InChI=1S/C23H27N3O2/c1-3-25-20-13-8-7-12-19(20)24-22(25)21-14-9-15-26(21)23(27)17(2)28-16-18-10-5-4-6-11-18/h4-8,10-13,17,21H,3,9,14-16H2,1-2H3. The fourth-order valence-electron chi connectivity index (χ4n) is 4.08. The Balaban J connectivity index is 1.52. The molecule has 0 spiro atoms. The molecule has 1 amide bonds. The Morgan fingerprint density at radius 3 is 2.71 bits per heavy atom. The number of benzene rings is 2. The molecule has 0 saturated carbocycles. The Bertz CT molecular complexity index is 951. The molecule has 2 unspecified atom stereocenters. The van der Waals surface area contributed by atoms with Gasteiger partial charge in [-0.2, -0.15) is 0 Å². The van der Waals surface area contributed by atoms with Gasteiger partial charge in [0.15, 0.2) is 0 Å². The van der Waals surface area contributed by atoms with Crippen LogP contribution in [-0.4, -0.2) is 33.0 Å². The van der Waals surface area contributed by atoms with E-state index in [1.54, 1.807) is 0 Å². The lowest BCUT2D eigenvalue weighted by Gasteiger charge is -2.27. The number of rotatable bonds is 6. The average Bonchev–Trinajstić information content (AvgIpc) is 3.36. The van der Waals surface area contributed by atoms with E-state index < -0.39 is 6.10 Å². The minimum absolute atomic E-state index is 0.0163. The van der Waals surface area contributed by atoms with Crippen LogP contribution in [0.2, 0.25) is 0 Å². The van der Waals surface area contributed by atoms with Gasteiger partial charge in [-0.3, -0.25) is 4.79 Å². The number of carbonyl (C=O) groups excluding carboxylic acids is 1. The maximum absolute atomic E-state index is 13.1. The van der Waals surface area contributed by atoms with Crippen molar-refractivity contribution in [3.05, 3.63) is 66.0 Å². The molecule has 4 rings (SSSR count). The summed E-state index contributed by atoms with van der Waals surface area (Å²) in [5.41, 5.74) is 3.20. The van der Waals surface area contributed by atoms with Crippen LogP contribution in [0.5, 0.6) is 0 Å². The third-order valence-corrected chi connectivity index (χ3v) is 5.52. The molecule has 0 radical (unpaired) electrons. The maximum Gasteiger partial charge on any atom is 0.252 e. The van der Waals surface area contributed by atoms with Crippen LogP contribution in [0, 0.1) is 0 Å². The molecule has 0 bridgehead atoms. The molecule has 28 heavy (non-hydrogen) atoms. The topological polar surface area (TPSA) is 47.4 Å². The highest BCUT2D eigenvalue weighted by Gasteiger charge is 2.35. The largest absolute Gasteiger partial charge is 0.364 e. The molecule has 1 fully saturated rings. The zero-order valence-electron chi connectivity index (χ0n) is 16.5. The highest BCUT2D eigenvalue weighted by atomic mass is 16.5. The van der Waals surface area contributed by atoms with Gasteiger partial charge < -0.3 is 14.2 Å². The number of hydrogen-bond acceptors (Lipinski definition) is 3. The van der Waals surface area contributed by atoms with Crippen molar-refractivity contribution in [2.75, 3.05) is 6.54 Å². The first-order valence-corrected chi connectivity index (χ1v) is 10.1. The predicted octanol–water partition coefficient (Wildman–Crippen LogP) is 4.33. The van der Waals surface area contributed by atoms with Crippen molar-refractivity contribution in [1.82, 2.24) is 14.5 Å². The van der Waals surface area contributed by atoms with Gasteiger partial charge in [0.05, 0.1) is 23.7 Å². The van der Waals surface area contributed by atoms with Crippen molar-refractivity contribution >= 4 is 16.9 Å². The molecular formula is C23H27N3O2. The number of ether oxygens (including phenoxy) is 1. The maximum atomic E-state index is 13.1. The number of carbonyl (C=O) groups is 1. The molecule has 1 aliphatic heterocycles. The van der Waals surface area contributed by atoms with Crippen LogP contribution in [0.3, 0.4) is 0 Å². The molecule has 5 heteroatoms. The Morgan fingerprint density at radius 2 is 1.93 bits per heavy atom. The van der Waals surface area contributed by atoms with Gasteiger partial charge in [0.2, 0.25) is 0 Å². The first-order valence-electron chi connectivity index (χ1n) is 10.1. The molecule has 2 heterocycles. The van der Waals surface area contributed by atoms with Crippen LogP contribution in [-0.2, 0) is 22.7 Å². The fourth-order valence-corrected chi connectivity index (χ4v) is 4.08. The summed E-state index contributed by atoms with van der Waals surface area (Å²) in [7, 11) is 0. The molecule has 2 aromatic carbocycles. The molecule has 0 N–H and O–H groups in total. The van der Waals surface area contributed by atoms with Crippen molar-refractivity contribution in [1.29, 1.82) is 0 Å². The molecule has 1 aliphatic rings. The van der Waals surface area contributed by atoms with Gasteiger partial charge in [-0.15, -0.1) is 0 Å². The number of para-hydroxylation sites is 2. The quantitative estimate of drug-likeness (QED) is 0.643. The second kappa shape index (κ2) is 8.15. The van der Waals surface area contributed by atoms with E-state index in [4.69, 9.17) is 9.72 Å². The van der Waals surface area contributed by atoms with Crippen molar-refractivity contribution in [3.63, 3.8) is 0 Å². The third kappa shape index (κ3) is 3.54. The van der Waals surface area contributed by atoms with Crippen molar-refractivity contribution < 1.29 is 9.53 Å². The van der Waals surface area contributed by atoms with E-state index in [0.29, 0.717) is 6.61 Å². The second-order valence-electron chi connectivity index (χ2n) is 7.33. The van der Waals surface area contributed by atoms with Gasteiger partial charge in [0, 0.05) is 13.1 Å². The summed E-state index contributed by atoms with van der Waals surface area (Å²) >= 11 is 0. The van der Waals surface area contributed by atoms with Gasteiger partial charge in [-0.25, -0.2) is 4.98 Å². The third-order valence-electron chi connectivity index (χ3n) is 5.52. The lowest BCUT2D eigenvalue weighted by Crippen LogP contribution is -2.39. The number of amides is 1. The van der Waals surface area contributed by atoms with Crippen LogP contribution in [0.4, 0.5) is 0 Å². The molecule has 1 saturated heterocycles. The van der Waals surface area contributed by atoms with E-state index in [1.165, 1.54) is 0 Å². The van der Waals surface area contributed by atoms with E-state index in [0.717, 1.165) is 48.4 Å². The lowest BCUT2D eigenvalue weighted by molar-refractivity contribution is -0.144. The Hall–Kier alpha value is -2.66. The summed E-state index contributed by atoms with van der Waals surface area (Å²) in [5.74, 6) is 1.04. The van der Waals surface area contributed by atoms with Crippen LogP contribution in [0.15, 0.2) is 54.6 Å². The first kappa shape index (κ1) is 18.7. The lowest BCUT2D eigenvalue weighted by atomic mass is 10.2. The number of likely N-dealkylation sites (tertiary alicyclic amines) is 1. The minimum Gasteiger partial charge on any atom is -0.364 e. The van der Waals surface area contributed by atoms with Crippen molar-refractivity contribution in [2.45, 2.75) is 52.0 Å². The molecule has 3 aromatic rings. The van der Waals surface area contributed by atoms with E-state index in [1.807, 2.05) is 60.4 Å². The van der Waals surface area contributed by atoms with E-state index >= 15 is 0 Å². The Morgan fingerprint density at radius 1 is 1.18 bits per heavy atom. The van der Waals surface area contributed by atoms with Crippen molar-refractivity contribution in [3.8, 4) is 0 Å². The zero-order chi connectivity index (χ0) is 19.5. The predicted molar refractivity (Wildman–Crippen MR) is 110 cm³/mol. The monoisotopic (exact) mass is 377 g/mol. The number of hydrogen-bond donors (Lipinski definition) is 0. The molecule has 146 valence electrons. The van der Waals surface area contributed by atoms with Gasteiger partial charge >= 0.3 is 0 Å². The molecule has 0 aliphatic carbocycles. The summed E-state index contributed by atoms with van der Waals surface area (Å²) in [4.78, 5) is 20.0. The number of fused-ring (bicyclic) bond motifs is 1. The van der Waals surface area contributed by atoms with Gasteiger partial charge in [-0.05, 0) is 44.4 Å². The minimum atomic E-state index is -0.472. The van der Waals surface area contributed by atoms with Crippen LogP contribution < -0.4 is 0 Å². The summed E-state index contributed by atoms with van der Waals surface area (Å²) in [6.07, 6.45) is 1.47. The summed E-state index contributed by atoms with van der Waals surface area (Å²) in [6, 6.07) is 18.2. The van der Waals surface area contributed by atoms with Gasteiger partial charge in [-0.1, -0.05) is 42.5 Å². The van der Waals surface area contributed by atoms with E-state index in [9.17, 15) is 4.79 Å². The Kier molecular flexibility index (Phi) is 5.44. The van der Waals surface area contributed by atoms with Crippen LogP contribution >= 0.6 is 0 Å². The smallest absolute Gasteiger partial charge is 0.252 e. The van der Waals surface area contributed by atoms with Crippen LogP contribution in [0.1, 0.15) is 44.1 Å². The van der Waals surface area contributed by atoms with Crippen molar-refractivity contribution in [2.24, 2.45) is 0 Å². The zero-order valence-corrected chi connectivity index (χ0v) is 16.5. The van der Waals surface area contributed by atoms with Crippen LogP contribution in [0.25, 0.3) is 11.0 Å². The number of nitrogens with zero attached hydrogens (tertiary/aromatic N) is 3. The molecule has 1 aromatic heterocycles. The molecule has 5 nitrogen and oxygen atoms in total. The SMILES string of the molecule is CCn1c(C2CCCN2C(=O)C(C)OCc2ccccc2)nc2ccccc21. The summed E-state index contributed by atoms with van der Waals surface area (Å²) in [6.45, 7) is 6.03. The molecule has 2 atom stereocenters. The Labute approximate surface area is 165 Å². The highest BCUT2D eigenvalue weighted by molar-refractivity contribution is 5.81. The molecular weight excluding hydrogens is 350 g/mol.